The molecule has 148 valence electrons. The van der Waals surface area contributed by atoms with E-state index in [1.54, 1.807) is 37.3 Å². The first-order chi connectivity index (χ1) is 13.8. The molecule has 0 aliphatic rings. The minimum absolute atomic E-state index is 0.0648. The molecule has 0 fully saturated rings. The van der Waals surface area contributed by atoms with E-state index in [0.29, 0.717) is 16.9 Å². The van der Waals surface area contributed by atoms with Gasteiger partial charge in [0.25, 0.3) is 5.91 Å². The van der Waals surface area contributed by atoms with Crippen LogP contribution in [0.1, 0.15) is 28.5 Å². The third-order valence-corrected chi connectivity index (χ3v) is 4.23. The Balaban J connectivity index is 1.96. The Morgan fingerprint density at radius 2 is 1.69 bits per heavy atom. The van der Waals surface area contributed by atoms with Crippen molar-refractivity contribution in [1.29, 1.82) is 0 Å². The molecular formula is C22H21N3O4. The van der Waals surface area contributed by atoms with Crippen molar-refractivity contribution in [2.75, 3.05) is 5.32 Å². The number of ether oxygens (including phenoxy) is 1. The number of nitrogens with zero attached hydrogens (tertiary/aromatic N) is 2. The Kier molecular flexibility index (Phi) is 5.87. The van der Waals surface area contributed by atoms with Gasteiger partial charge in [0, 0.05) is 18.2 Å². The lowest BCUT2D eigenvalue weighted by Gasteiger charge is -2.19. The molecule has 7 nitrogen and oxygen atoms in total. The Morgan fingerprint density at radius 3 is 2.31 bits per heavy atom. The second kappa shape index (κ2) is 8.52. The molecule has 0 radical (unpaired) electrons. The van der Waals surface area contributed by atoms with Gasteiger partial charge in [0.2, 0.25) is 11.9 Å². The summed E-state index contributed by atoms with van der Waals surface area (Å²) in [5.74, 6) is -0.925. The van der Waals surface area contributed by atoms with Gasteiger partial charge in [-0.25, -0.2) is 0 Å². The lowest BCUT2D eigenvalue weighted by atomic mass is 10.1. The Hall–Kier alpha value is -3.74. The van der Waals surface area contributed by atoms with Gasteiger partial charge in [-0.1, -0.05) is 36.4 Å². The van der Waals surface area contributed by atoms with E-state index < -0.39 is 22.8 Å². The fourth-order valence-electron chi connectivity index (χ4n) is 3.04. The first-order valence-electron chi connectivity index (χ1n) is 9.06. The van der Waals surface area contributed by atoms with Crippen LogP contribution in [0.2, 0.25) is 0 Å². The van der Waals surface area contributed by atoms with Crippen molar-refractivity contribution in [2.24, 2.45) is 0 Å². The summed E-state index contributed by atoms with van der Waals surface area (Å²) in [5, 5.41) is 14.2. The maximum absolute atomic E-state index is 13.1. The van der Waals surface area contributed by atoms with Crippen LogP contribution in [0, 0.1) is 30.9 Å². The van der Waals surface area contributed by atoms with Crippen LogP contribution in [0.5, 0.6) is 5.75 Å². The van der Waals surface area contributed by atoms with E-state index in [1.807, 2.05) is 38.1 Å². The summed E-state index contributed by atoms with van der Waals surface area (Å²) in [6.07, 6.45) is -1.08. The van der Waals surface area contributed by atoms with Crippen molar-refractivity contribution >= 4 is 17.4 Å². The molecule has 3 aromatic rings. The summed E-state index contributed by atoms with van der Waals surface area (Å²) in [6, 6.07) is 17.6. The zero-order valence-electron chi connectivity index (χ0n) is 16.4. The fraction of sp³-hybridized carbons (Fsp3) is 0.182. The zero-order valence-corrected chi connectivity index (χ0v) is 16.4. The molecule has 7 heteroatoms. The molecule has 1 aromatic heterocycles. The van der Waals surface area contributed by atoms with Crippen LogP contribution in [0.4, 0.5) is 11.5 Å². The molecule has 1 atom stereocenters. The quantitative estimate of drug-likeness (QED) is 0.486. The van der Waals surface area contributed by atoms with E-state index in [9.17, 15) is 14.9 Å². The predicted molar refractivity (Wildman–Crippen MR) is 110 cm³/mol. The largest absolute Gasteiger partial charge is 0.467 e. The van der Waals surface area contributed by atoms with E-state index in [2.05, 4.69) is 10.3 Å². The van der Waals surface area contributed by atoms with Crippen molar-refractivity contribution in [1.82, 2.24) is 4.98 Å². The molecule has 1 amide bonds. The number of anilines is 1. The second-order valence-corrected chi connectivity index (χ2v) is 6.81. The van der Waals surface area contributed by atoms with Crippen molar-refractivity contribution in [3.63, 3.8) is 0 Å². The molecule has 1 N–H and O–H groups in total. The number of nitrogens with one attached hydrogen (secondary N) is 1. The van der Waals surface area contributed by atoms with Gasteiger partial charge in [0.05, 0.1) is 0 Å². The van der Waals surface area contributed by atoms with Crippen molar-refractivity contribution in [3.05, 3.63) is 93.2 Å². The molecular weight excluding hydrogens is 370 g/mol. The van der Waals surface area contributed by atoms with Crippen LogP contribution >= 0.6 is 0 Å². The number of carbonyl (C=O) groups excluding carboxylic acids is 1. The zero-order chi connectivity index (χ0) is 21.0. The van der Waals surface area contributed by atoms with E-state index in [4.69, 9.17) is 4.74 Å². The van der Waals surface area contributed by atoms with Gasteiger partial charge < -0.3 is 20.2 Å². The Morgan fingerprint density at radius 1 is 1.03 bits per heavy atom. The number of aryl methyl sites for hydroxylation is 3. The second-order valence-electron chi connectivity index (χ2n) is 6.81. The molecule has 0 saturated heterocycles. The highest BCUT2D eigenvalue weighted by Crippen LogP contribution is 2.30. The molecule has 0 saturated carbocycles. The Labute approximate surface area is 168 Å². The van der Waals surface area contributed by atoms with Crippen LogP contribution in [0.15, 0.2) is 60.7 Å². The summed E-state index contributed by atoms with van der Waals surface area (Å²) in [5.41, 5.74) is 3.71. The summed E-state index contributed by atoms with van der Waals surface area (Å²) in [6.45, 7) is 5.53. The van der Waals surface area contributed by atoms with Crippen molar-refractivity contribution in [2.45, 2.75) is 26.9 Å². The molecule has 29 heavy (non-hydrogen) atoms. The fourth-order valence-corrected chi connectivity index (χ4v) is 3.04. The van der Waals surface area contributed by atoms with Gasteiger partial charge in [0.1, 0.15) is 5.69 Å². The maximum Gasteiger partial charge on any atom is 0.406 e. The van der Waals surface area contributed by atoms with Crippen LogP contribution < -0.4 is 10.1 Å². The molecule has 0 aliphatic carbocycles. The van der Waals surface area contributed by atoms with Gasteiger partial charge in [0.15, 0.2) is 0 Å². The minimum atomic E-state index is -1.08. The van der Waals surface area contributed by atoms with Crippen LogP contribution in [0.3, 0.4) is 0 Å². The summed E-state index contributed by atoms with van der Waals surface area (Å²) in [4.78, 5) is 27.8. The minimum Gasteiger partial charge on any atom is -0.467 e. The predicted octanol–water partition coefficient (Wildman–Crippen LogP) is 4.67. The molecule has 0 spiro atoms. The van der Waals surface area contributed by atoms with E-state index in [0.717, 1.165) is 11.1 Å². The molecule has 0 unspecified atom stereocenters. The number of benzene rings is 2. The van der Waals surface area contributed by atoms with Gasteiger partial charge in [-0.15, -0.1) is 0 Å². The van der Waals surface area contributed by atoms with Gasteiger partial charge in [-0.05, 0) is 59.1 Å². The van der Waals surface area contributed by atoms with Crippen molar-refractivity contribution in [3.8, 4) is 5.75 Å². The first-order valence-corrected chi connectivity index (χ1v) is 9.06. The van der Waals surface area contributed by atoms with Gasteiger partial charge in [-0.3, -0.25) is 4.79 Å². The number of hydrogen-bond donors (Lipinski definition) is 1. The lowest BCUT2D eigenvalue weighted by molar-refractivity contribution is -0.390. The average molecular weight is 391 g/mol. The molecule has 3 rings (SSSR count). The highest BCUT2D eigenvalue weighted by molar-refractivity contribution is 5.95. The number of amides is 1. The number of aromatic nitrogens is 1. The van der Waals surface area contributed by atoms with E-state index in [-0.39, 0.29) is 5.75 Å². The Bertz CT molecular complexity index is 1030. The van der Waals surface area contributed by atoms with E-state index in [1.165, 1.54) is 6.07 Å². The molecule has 1 heterocycles. The number of rotatable bonds is 6. The molecule has 2 aromatic carbocycles. The lowest BCUT2D eigenvalue weighted by Crippen LogP contribution is -2.26. The number of pyridine rings is 1. The van der Waals surface area contributed by atoms with E-state index >= 15 is 0 Å². The highest BCUT2D eigenvalue weighted by atomic mass is 16.6. The van der Waals surface area contributed by atoms with Crippen LogP contribution in [-0.2, 0) is 4.79 Å². The first kappa shape index (κ1) is 20.0. The number of hydrogen-bond acceptors (Lipinski definition) is 5. The number of carbonyl (C=O) groups is 1. The number of nitro groups is 1. The summed E-state index contributed by atoms with van der Waals surface area (Å²) < 4.78 is 5.83. The highest BCUT2D eigenvalue weighted by Gasteiger charge is 2.27. The summed E-state index contributed by atoms with van der Waals surface area (Å²) >= 11 is 0. The molecule has 0 bridgehead atoms. The van der Waals surface area contributed by atoms with Gasteiger partial charge in [-0.2, -0.15) is 0 Å². The third-order valence-electron chi connectivity index (χ3n) is 4.23. The van der Waals surface area contributed by atoms with Crippen LogP contribution in [-0.4, -0.2) is 15.8 Å². The standard InChI is InChI=1S/C22H21N3O4/c1-14-11-15(2)13-18(12-14)24-22(26)20(17-7-5-4-6-8-17)29-19-10-9-16(3)23-21(19)25(27)28/h4-13,20H,1-3H3,(H,24,26)/t20-/m1/s1. The SMILES string of the molecule is Cc1cc(C)cc(NC(=O)[C@H](Oc2ccc(C)nc2[N+](=O)[O-])c2ccccc2)c1. The normalized spacial score (nSPS) is 11.6. The summed E-state index contributed by atoms with van der Waals surface area (Å²) in [7, 11) is 0. The third kappa shape index (κ3) is 4.95. The monoisotopic (exact) mass is 391 g/mol. The van der Waals surface area contributed by atoms with Gasteiger partial charge >= 0.3 is 5.82 Å². The topological polar surface area (TPSA) is 94.4 Å². The smallest absolute Gasteiger partial charge is 0.406 e. The van der Waals surface area contributed by atoms with Crippen molar-refractivity contribution < 1.29 is 14.5 Å². The van der Waals surface area contributed by atoms with Crippen LogP contribution in [0.25, 0.3) is 0 Å². The molecule has 0 aliphatic heterocycles. The maximum atomic E-state index is 13.1. The average Bonchev–Trinajstić information content (AvgIpc) is 2.66.